The number of carbonyl (C=O) groups excluding carboxylic acids is 1. The number of rotatable bonds is 8. The minimum absolute atomic E-state index is 0.0876. The van der Waals surface area contributed by atoms with Crippen molar-refractivity contribution in [2.75, 3.05) is 18.2 Å². The molecule has 0 fully saturated rings. The van der Waals surface area contributed by atoms with Crippen LogP contribution in [-0.2, 0) is 4.79 Å². The third-order valence-electron chi connectivity index (χ3n) is 3.55. The molecule has 0 aliphatic heterocycles. The van der Waals surface area contributed by atoms with Gasteiger partial charge in [-0.1, -0.05) is 11.8 Å². The lowest BCUT2D eigenvalue weighted by Gasteiger charge is -2.08. The summed E-state index contributed by atoms with van der Waals surface area (Å²) in [6, 6.07) is 14.2. The Morgan fingerprint density at radius 3 is 2.25 bits per heavy atom. The van der Waals surface area contributed by atoms with Crippen LogP contribution in [0.15, 0.2) is 59.9 Å². The predicted octanol–water partition coefficient (Wildman–Crippen LogP) is 3.64. The third-order valence-corrected chi connectivity index (χ3v) is 4.44. The van der Waals surface area contributed by atoms with Crippen molar-refractivity contribution in [3.8, 4) is 17.2 Å². The Kier molecular flexibility index (Phi) is 6.18. The maximum atomic E-state index is 12.0. The van der Waals surface area contributed by atoms with E-state index in [0.29, 0.717) is 22.3 Å². The zero-order valence-electron chi connectivity index (χ0n) is 14.8. The molecule has 1 amide bonds. The molecule has 8 nitrogen and oxygen atoms in total. The molecule has 0 atom stereocenters. The first-order chi connectivity index (χ1) is 13.5. The van der Waals surface area contributed by atoms with Gasteiger partial charge in [-0.3, -0.25) is 4.79 Å². The monoisotopic (exact) mass is 399 g/mol. The number of anilines is 1. The highest BCUT2D eigenvalue weighted by Gasteiger charge is 2.10. The van der Waals surface area contributed by atoms with E-state index in [-0.39, 0.29) is 17.4 Å². The highest BCUT2D eigenvalue weighted by Crippen LogP contribution is 2.25. The number of nitrogens with zero attached hydrogens (tertiary/aromatic N) is 1. The van der Waals surface area contributed by atoms with Crippen LogP contribution in [-0.4, -0.2) is 39.8 Å². The van der Waals surface area contributed by atoms with Gasteiger partial charge in [-0.15, -0.1) is 0 Å². The molecule has 0 spiro atoms. The zero-order chi connectivity index (χ0) is 19.9. The fraction of sp³-hybridized carbons (Fsp3) is 0.105. The van der Waals surface area contributed by atoms with E-state index in [1.165, 1.54) is 6.20 Å². The van der Waals surface area contributed by atoms with Crippen molar-refractivity contribution >= 4 is 29.3 Å². The number of carboxylic acid groups (broad SMARTS) is 1. The van der Waals surface area contributed by atoms with Crippen LogP contribution in [0.5, 0.6) is 17.2 Å². The van der Waals surface area contributed by atoms with Gasteiger partial charge in [0.1, 0.15) is 17.2 Å². The Morgan fingerprint density at radius 2 is 1.68 bits per heavy atom. The summed E-state index contributed by atoms with van der Waals surface area (Å²) in [5.74, 6) is 0.794. The van der Waals surface area contributed by atoms with E-state index in [0.717, 1.165) is 17.5 Å². The normalized spacial score (nSPS) is 10.3. The summed E-state index contributed by atoms with van der Waals surface area (Å²) < 4.78 is 10.8. The number of amides is 1. The molecule has 3 aromatic rings. The lowest BCUT2D eigenvalue weighted by Crippen LogP contribution is -2.14. The van der Waals surface area contributed by atoms with Crippen molar-refractivity contribution in [2.45, 2.75) is 5.16 Å². The maximum Gasteiger partial charge on any atom is 0.356 e. The summed E-state index contributed by atoms with van der Waals surface area (Å²) in [5.41, 5.74) is 0.536. The number of aromatic carboxylic acids is 1. The van der Waals surface area contributed by atoms with E-state index in [9.17, 15) is 9.59 Å². The Labute approximate surface area is 164 Å². The molecule has 0 radical (unpaired) electrons. The van der Waals surface area contributed by atoms with Crippen LogP contribution in [0, 0.1) is 0 Å². The van der Waals surface area contributed by atoms with Gasteiger partial charge >= 0.3 is 5.97 Å². The topological polar surface area (TPSA) is 114 Å². The minimum Gasteiger partial charge on any atom is -0.497 e. The quantitative estimate of drug-likeness (QED) is 0.496. The molecular weight excluding hydrogens is 382 g/mol. The highest BCUT2D eigenvalue weighted by atomic mass is 32.2. The van der Waals surface area contributed by atoms with Gasteiger partial charge in [-0.25, -0.2) is 9.78 Å². The fourth-order valence-corrected chi connectivity index (χ4v) is 2.85. The van der Waals surface area contributed by atoms with Crippen molar-refractivity contribution in [2.24, 2.45) is 0 Å². The van der Waals surface area contributed by atoms with Crippen LogP contribution < -0.4 is 14.8 Å². The molecule has 0 aliphatic rings. The number of H-pyrrole nitrogens is 1. The summed E-state index contributed by atoms with van der Waals surface area (Å²) in [6.45, 7) is 0. The van der Waals surface area contributed by atoms with Crippen LogP contribution in [0.3, 0.4) is 0 Å². The Balaban J connectivity index is 1.49. The van der Waals surface area contributed by atoms with Gasteiger partial charge in [0.2, 0.25) is 5.91 Å². The summed E-state index contributed by atoms with van der Waals surface area (Å²) in [7, 11) is 1.60. The molecule has 0 saturated carbocycles. The number of imidazole rings is 1. The van der Waals surface area contributed by atoms with Crippen LogP contribution in [0.2, 0.25) is 0 Å². The van der Waals surface area contributed by atoms with E-state index in [2.05, 4.69) is 15.3 Å². The number of hydrogen-bond donors (Lipinski definition) is 3. The molecule has 28 heavy (non-hydrogen) atoms. The number of nitrogens with one attached hydrogen (secondary N) is 2. The highest BCUT2D eigenvalue weighted by molar-refractivity contribution is 7.99. The third kappa shape index (κ3) is 5.27. The van der Waals surface area contributed by atoms with Crippen LogP contribution in [0.4, 0.5) is 5.69 Å². The Morgan fingerprint density at radius 1 is 1.07 bits per heavy atom. The first kappa shape index (κ1) is 19.3. The van der Waals surface area contributed by atoms with Crippen molar-refractivity contribution in [1.29, 1.82) is 0 Å². The van der Waals surface area contributed by atoms with Gasteiger partial charge in [-0.05, 0) is 48.5 Å². The molecule has 3 rings (SSSR count). The van der Waals surface area contributed by atoms with E-state index >= 15 is 0 Å². The second-order valence-electron chi connectivity index (χ2n) is 5.53. The Hall–Kier alpha value is -3.46. The molecule has 0 saturated heterocycles. The minimum atomic E-state index is -1.12. The molecule has 9 heteroatoms. The van der Waals surface area contributed by atoms with Crippen molar-refractivity contribution in [3.05, 3.63) is 60.4 Å². The second-order valence-corrected chi connectivity index (χ2v) is 6.50. The SMILES string of the molecule is COc1ccc(Oc2ccc(NC(=O)CSc3nc(C(=O)O)c[nH]3)cc2)cc1. The maximum absolute atomic E-state index is 12.0. The lowest BCUT2D eigenvalue weighted by atomic mass is 10.3. The summed E-state index contributed by atoms with van der Waals surface area (Å²) in [6.07, 6.45) is 1.28. The number of methoxy groups -OCH3 is 1. The first-order valence-corrected chi connectivity index (χ1v) is 9.15. The summed E-state index contributed by atoms with van der Waals surface area (Å²) in [4.78, 5) is 29.4. The number of carboxylic acids is 1. The molecule has 2 aromatic carbocycles. The van der Waals surface area contributed by atoms with Gasteiger partial charge in [-0.2, -0.15) is 0 Å². The van der Waals surface area contributed by atoms with Crippen molar-refractivity contribution < 1.29 is 24.2 Å². The van der Waals surface area contributed by atoms with Gasteiger partial charge in [0.15, 0.2) is 10.9 Å². The zero-order valence-corrected chi connectivity index (χ0v) is 15.7. The predicted molar refractivity (Wildman–Crippen MR) is 104 cm³/mol. The van der Waals surface area contributed by atoms with Gasteiger partial charge in [0.25, 0.3) is 0 Å². The molecule has 144 valence electrons. The number of aromatic amines is 1. The number of carbonyl (C=O) groups is 2. The van der Waals surface area contributed by atoms with Gasteiger partial charge in [0, 0.05) is 11.9 Å². The van der Waals surface area contributed by atoms with E-state index in [4.69, 9.17) is 14.6 Å². The molecule has 1 aromatic heterocycles. The molecule has 0 aliphatic carbocycles. The van der Waals surface area contributed by atoms with Crippen LogP contribution in [0.1, 0.15) is 10.5 Å². The average molecular weight is 399 g/mol. The van der Waals surface area contributed by atoms with E-state index in [1.807, 2.05) is 0 Å². The number of thioether (sulfide) groups is 1. The van der Waals surface area contributed by atoms with Crippen molar-refractivity contribution in [1.82, 2.24) is 9.97 Å². The van der Waals surface area contributed by atoms with E-state index < -0.39 is 5.97 Å². The smallest absolute Gasteiger partial charge is 0.356 e. The molecule has 1 heterocycles. The molecular formula is C19H17N3O5S. The molecule has 0 unspecified atom stereocenters. The largest absolute Gasteiger partial charge is 0.497 e. The number of hydrogen-bond acceptors (Lipinski definition) is 6. The van der Waals surface area contributed by atoms with E-state index in [1.54, 1.807) is 55.6 Å². The number of benzene rings is 2. The Bertz CT molecular complexity index is 954. The summed E-state index contributed by atoms with van der Waals surface area (Å²) >= 11 is 1.12. The summed E-state index contributed by atoms with van der Waals surface area (Å²) in [5, 5.41) is 12.0. The molecule has 3 N–H and O–H groups in total. The van der Waals surface area contributed by atoms with Crippen LogP contribution >= 0.6 is 11.8 Å². The van der Waals surface area contributed by atoms with Gasteiger partial charge in [0.05, 0.1) is 12.9 Å². The van der Waals surface area contributed by atoms with Crippen LogP contribution in [0.25, 0.3) is 0 Å². The number of aromatic nitrogens is 2. The number of ether oxygens (including phenoxy) is 2. The molecule has 0 bridgehead atoms. The van der Waals surface area contributed by atoms with Gasteiger partial charge < -0.3 is 24.9 Å². The average Bonchev–Trinajstić information content (AvgIpc) is 3.18. The lowest BCUT2D eigenvalue weighted by molar-refractivity contribution is -0.113. The standard InChI is InChI=1S/C19H17N3O5S/c1-26-13-6-8-15(9-7-13)27-14-4-2-12(3-5-14)21-17(23)11-28-19-20-10-16(22-19)18(24)25/h2-10H,11H2,1H3,(H,20,22)(H,21,23)(H,24,25). The second kappa shape index (κ2) is 8.96. The fourth-order valence-electron chi connectivity index (χ4n) is 2.20. The van der Waals surface area contributed by atoms with Crippen molar-refractivity contribution in [3.63, 3.8) is 0 Å². The first-order valence-electron chi connectivity index (χ1n) is 8.17.